The van der Waals surface area contributed by atoms with Gasteiger partial charge in [-0.3, -0.25) is 9.69 Å². The molecule has 1 aliphatic carbocycles. The highest BCUT2D eigenvalue weighted by Crippen LogP contribution is 2.49. The van der Waals surface area contributed by atoms with E-state index in [1.165, 1.54) is 36.6 Å². The van der Waals surface area contributed by atoms with E-state index < -0.39 is 10.0 Å². The van der Waals surface area contributed by atoms with Crippen LogP contribution < -0.4 is 10.5 Å². The molecule has 2 aliphatic heterocycles. The van der Waals surface area contributed by atoms with E-state index in [4.69, 9.17) is 21.7 Å². The van der Waals surface area contributed by atoms with Crippen LogP contribution >= 0.6 is 11.6 Å². The Morgan fingerprint density at radius 2 is 1.72 bits per heavy atom. The maximum absolute atomic E-state index is 12.9. The van der Waals surface area contributed by atoms with Gasteiger partial charge in [-0.25, -0.2) is 18.5 Å². The molecule has 3 heterocycles. The lowest BCUT2D eigenvalue weighted by Gasteiger charge is -2.52. The number of nitrogens with one attached hydrogen (secondary N) is 1. The summed E-state index contributed by atoms with van der Waals surface area (Å²) < 4.78 is 26.1. The minimum atomic E-state index is -4.01. The molecule has 1 aromatic heterocycles. The fourth-order valence-corrected chi connectivity index (χ4v) is 8.71. The van der Waals surface area contributed by atoms with E-state index in [0.717, 1.165) is 49.9 Å². The van der Waals surface area contributed by atoms with Crippen LogP contribution in [-0.4, -0.2) is 52.4 Å². The number of aromatic nitrogens is 2. The Kier molecular flexibility index (Phi) is 6.77. The molecule has 3 aromatic rings. The number of imidazole rings is 1. The van der Waals surface area contributed by atoms with E-state index in [1.807, 2.05) is 0 Å². The summed E-state index contributed by atoms with van der Waals surface area (Å²) in [7, 11) is -4.01. The number of nitrogens with zero attached hydrogens (tertiary/aromatic N) is 3. The largest absolute Gasteiger partial charge is 0.349 e. The first-order chi connectivity index (χ1) is 18.5. The van der Waals surface area contributed by atoms with Gasteiger partial charge in [0.25, 0.3) is 5.91 Å². The molecule has 2 saturated heterocycles. The van der Waals surface area contributed by atoms with Crippen LogP contribution in [0.25, 0.3) is 11.0 Å². The van der Waals surface area contributed by atoms with Gasteiger partial charge in [-0.15, -0.1) is 0 Å². The minimum absolute atomic E-state index is 0.0114. The van der Waals surface area contributed by atoms with Gasteiger partial charge in [0.2, 0.25) is 10.0 Å². The summed E-state index contributed by atoms with van der Waals surface area (Å²) >= 11 is 5.98. The molecule has 2 bridgehead atoms. The lowest BCUT2D eigenvalue weighted by atomic mass is 9.77. The van der Waals surface area contributed by atoms with Gasteiger partial charge in [-0.05, 0) is 95.5 Å². The number of hydrogen-bond acceptors (Lipinski definition) is 5. The zero-order valence-corrected chi connectivity index (χ0v) is 24.0. The van der Waals surface area contributed by atoms with Gasteiger partial charge in [0, 0.05) is 35.3 Å². The number of hydrogen-bond donors (Lipinski definition) is 2. The van der Waals surface area contributed by atoms with Crippen LogP contribution in [0.4, 0.5) is 0 Å². The van der Waals surface area contributed by atoms with Gasteiger partial charge in [0.1, 0.15) is 10.7 Å². The molecular formula is C29H36ClN5O3S. The van der Waals surface area contributed by atoms with Crippen molar-refractivity contribution in [2.24, 2.45) is 5.14 Å². The third-order valence-corrected chi connectivity index (χ3v) is 10.8. The first-order valence-electron chi connectivity index (χ1n) is 13.9. The highest BCUT2D eigenvalue weighted by Gasteiger charge is 2.50. The second kappa shape index (κ2) is 9.87. The number of benzene rings is 2. The van der Waals surface area contributed by atoms with Crippen molar-refractivity contribution >= 4 is 38.6 Å². The standard InChI is InChI=1S/C29H36ClN5O3S/c1-18-32-25-5-3-4-6-26(25)34(18)23-16-21-8-9-22(17-23)35(21)29(2)13-11-20(12-14-29)33-28(36)19-7-10-24(30)27(15-19)39(31,37)38/h3-7,10,15,20-23H,8-9,11-14,16-17H2,1-2H3,(H,33,36)(H2,31,37,38)/t20?,21-,22+,23?,29?. The van der Waals surface area contributed by atoms with E-state index in [0.29, 0.717) is 18.1 Å². The van der Waals surface area contributed by atoms with E-state index in [-0.39, 0.29) is 33.0 Å². The van der Waals surface area contributed by atoms with Crippen molar-refractivity contribution in [1.82, 2.24) is 19.8 Å². The molecule has 1 unspecified atom stereocenters. The summed E-state index contributed by atoms with van der Waals surface area (Å²) in [5.41, 5.74) is 2.69. The average Bonchev–Trinajstić information content (AvgIpc) is 3.38. The second-order valence-electron chi connectivity index (χ2n) is 11.9. The number of fused-ring (bicyclic) bond motifs is 3. The number of halogens is 1. The van der Waals surface area contributed by atoms with Crippen molar-refractivity contribution in [2.75, 3.05) is 0 Å². The minimum Gasteiger partial charge on any atom is -0.349 e. The topological polar surface area (TPSA) is 110 Å². The molecule has 1 amide bonds. The van der Waals surface area contributed by atoms with Crippen molar-refractivity contribution in [2.45, 2.75) is 99.8 Å². The number of amides is 1. The van der Waals surface area contributed by atoms with Crippen LogP contribution in [0.1, 0.15) is 80.5 Å². The Hall–Kier alpha value is -2.46. The number of nitrogens with two attached hydrogens (primary N) is 1. The third-order valence-electron chi connectivity index (χ3n) is 9.37. The molecule has 3 N–H and O–H groups in total. The van der Waals surface area contributed by atoms with Crippen LogP contribution in [0.3, 0.4) is 0 Å². The molecule has 10 heteroatoms. The zero-order chi connectivity index (χ0) is 27.5. The van der Waals surface area contributed by atoms with Gasteiger partial charge < -0.3 is 9.88 Å². The molecule has 1 saturated carbocycles. The second-order valence-corrected chi connectivity index (χ2v) is 13.8. The molecule has 208 valence electrons. The maximum atomic E-state index is 12.9. The summed E-state index contributed by atoms with van der Waals surface area (Å²) in [6, 6.07) is 14.3. The number of carbonyl (C=O) groups excluding carboxylic acids is 1. The number of aryl methyl sites for hydroxylation is 1. The maximum Gasteiger partial charge on any atom is 0.251 e. The average molecular weight is 570 g/mol. The Labute approximate surface area is 235 Å². The number of primary sulfonamides is 1. The van der Waals surface area contributed by atoms with Crippen LogP contribution in [0.2, 0.25) is 5.02 Å². The van der Waals surface area contributed by atoms with Gasteiger partial charge in [-0.2, -0.15) is 0 Å². The molecule has 2 aromatic carbocycles. The molecule has 3 atom stereocenters. The predicted octanol–water partition coefficient (Wildman–Crippen LogP) is 4.94. The van der Waals surface area contributed by atoms with Crippen molar-refractivity contribution in [3.63, 3.8) is 0 Å². The molecular weight excluding hydrogens is 534 g/mol. The van der Waals surface area contributed by atoms with Gasteiger partial charge in [0.05, 0.1) is 16.1 Å². The lowest BCUT2D eigenvalue weighted by molar-refractivity contribution is -0.0203. The van der Waals surface area contributed by atoms with Gasteiger partial charge in [-0.1, -0.05) is 23.7 Å². The van der Waals surface area contributed by atoms with Crippen molar-refractivity contribution in [3.05, 3.63) is 58.9 Å². The Bertz CT molecular complexity index is 1510. The van der Waals surface area contributed by atoms with Crippen molar-refractivity contribution < 1.29 is 13.2 Å². The molecule has 8 nitrogen and oxygen atoms in total. The van der Waals surface area contributed by atoms with Crippen LogP contribution in [0.5, 0.6) is 0 Å². The lowest BCUT2D eigenvalue weighted by Crippen LogP contribution is -2.58. The summed E-state index contributed by atoms with van der Waals surface area (Å²) in [5, 5.41) is 8.38. The van der Waals surface area contributed by atoms with E-state index >= 15 is 0 Å². The molecule has 0 radical (unpaired) electrons. The number of carbonyl (C=O) groups is 1. The molecule has 0 spiro atoms. The fraction of sp³-hybridized carbons (Fsp3) is 0.517. The normalized spacial score (nSPS) is 29.5. The zero-order valence-electron chi connectivity index (χ0n) is 22.4. The summed E-state index contributed by atoms with van der Waals surface area (Å²) in [4.78, 5) is 20.4. The number of para-hydroxylation sites is 2. The summed E-state index contributed by atoms with van der Waals surface area (Å²) in [5.74, 6) is 0.808. The highest BCUT2D eigenvalue weighted by molar-refractivity contribution is 7.89. The first-order valence-corrected chi connectivity index (χ1v) is 15.8. The quantitative estimate of drug-likeness (QED) is 0.452. The van der Waals surface area contributed by atoms with Crippen LogP contribution in [-0.2, 0) is 10.0 Å². The smallest absolute Gasteiger partial charge is 0.251 e. The van der Waals surface area contributed by atoms with E-state index in [9.17, 15) is 13.2 Å². The van der Waals surface area contributed by atoms with Gasteiger partial charge in [0.15, 0.2) is 0 Å². The van der Waals surface area contributed by atoms with E-state index in [2.05, 4.69) is 52.9 Å². The number of sulfonamides is 1. The third kappa shape index (κ3) is 4.88. The number of rotatable bonds is 5. The van der Waals surface area contributed by atoms with Crippen LogP contribution in [0.15, 0.2) is 47.4 Å². The number of piperidine rings is 1. The fourth-order valence-electron chi connectivity index (χ4n) is 7.64. The van der Waals surface area contributed by atoms with E-state index in [1.54, 1.807) is 0 Å². The monoisotopic (exact) mass is 569 g/mol. The Balaban J connectivity index is 1.11. The van der Waals surface area contributed by atoms with Crippen molar-refractivity contribution in [1.29, 1.82) is 0 Å². The molecule has 6 rings (SSSR count). The SMILES string of the molecule is Cc1nc2ccccc2n1C1C[C@H]2CC[C@@H](C1)N2C1(C)CCC(NC(=O)c2ccc(Cl)c(S(N)(=O)=O)c2)CC1. The van der Waals surface area contributed by atoms with Gasteiger partial charge >= 0.3 is 0 Å². The Morgan fingerprint density at radius 1 is 1.05 bits per heavy atom. The predicted molar refractivity (Wildman–Crippen MR) is 152 cm³/mol. The summed E-state index contributed by atoms with van der Waals surface area (Å²) in [6.45, 7) is 4.54. The highest BCUT2D eigenvalue weighted by atomic mass is 35.5. The Morgan fingerprint density at radius 3 is 2.38 bits per heavy atom. The first kappa shape index (κ1) is 26.7. The molecule has 39 heavy (non-hydrogen) atoms. The molecule has 3 aliphatic rings. The summed E-state index contributed by atoms with van der Waals surface area (Å²) in [6.07, 6.45) is 8.60. The van der Waals surface area contributed by atoms with Crippen molar-refractivity contribution in [3.8, 4) is 0 Å². The molecule has 3 fully saturated rings. The van der Waals surface area contributed by atoms with Crippen LogP contribution in [0, 0.1) is 6.92 Å².